The Labute approximate surface area is 123 Å². The third-order valence-corrected chi connectivity index (χ3v) is 5.00. The van der Waals surface area contributed by atoms with Crippen LogP contribution in [0.5, 0.6) is 0 Å². The van der Waals surface area contributed by atoms with Crippen molar-refractivity contribution < 1.29 is 8.42 Å². The zero-order valence-corrected chi connectivity index (χ0v) is 13.7. The first kappa shape index (κ1) is 17.1. The maximum atomic E-state index is 12.3. The van der Waals surface area contributed by atoms with Gasteiger partial charge in [-0.25, -0.2) is 13.1 Å². The minimum Gasteiger partial charge on any atom is -0.313 e. The van der Waals surface area contributed by atoms with Gasteiger partial charge in [0, 0.05) is 12.1 Å². The quantitative estimate of drug-likeness (QED) is 0.725. The first-order valence-corrected chi connectivity index (χ1v) is 8.62. The van der Waals surface area contributed by atoms with Gasteiger partial charge in [-0.3, -0.25) is 0 Å². The van der Waals surface area contributed by atoms with Crippen LogP contribution in [0.2, 0.25) is 0 Å². The molecule has 20 heavy (non-hydrogen) atoms. The van der Waals surface area contributed by atoms with E-state index in [2.05, 4.69) is 17.0 Å². The molecule has 1 rings (SSSR count). The molecule has 4 nitrogen and oxygen atoms in total. The third kappa shape index (κ3) is 5.23. The number of hydrogen-bond donors (Lipinski definition) is 2. The van der Waals surface area contributed by atoms with Gasteiger partial charge in [-0.2, -0.15) is 0 Å². The second kappa shape index (κ2) is 7.20. The maximum absolute atomic E-state index is 12.3. The van der Waals surface area contributed by atoms with Crippen LogP contribution in [-0.2, 0) is 16.6 Å². The van der Waals surface area contributed by atoms with E-state index in [0.29, 0.717) is 4.90 Å². The van der Waals surface area contributed by atoms with Crippen molar-refractivity contribution in [2.24, 2.45) is 0 Å². The van der Waals surface area contributed by atoms with Crippen LogP contribution in [0.3, 0.4) is 0 Å². The van der Waals surface area contributed by atoms with Gasteiger partial charge in [-0.1, -0.05) is 26.0 Å². The molecule has 0 unspecified atom stereocenters. The minimum atomic E-state index is -3.44. The molecule has 0 saturated carbocycles. The van der Waals surface area contributed by atoms with Gasteiger partial charge in [0.25, 0.3) is 0 Å². The van der Waals surface area contributed by atoms with Crippen molar-refractivity contribution in [2.75, 3.05) is 6.54 Å². The Bertz CT molecular complexity index is 507. The van der Waals surface area contributed by atoms with E-state index in [0.717, 1.165) is 31.5 Å². The number of sulfonamides is 1. The number of hydrogen-bond acceptors (Lipinski definition) is 3. The summed E-state index contributed by atoms with van der Waals surface area (Å²) in [6, 6.07) is 7.04. The second-order valence-corrected chi connectivity index (χ2v) is 7.35. The Balaban J connectivity index is 2.77. The molecule has 0 aliphatic carbocycles. The lowest BCUT2D eigenvalue weighted by molar-refractivity contribution is 0.439. The number of benzene rings is 1. The number of nitrogens with one attached hydrogen (secondary N) is 2. The molecule has 114 valence electrons. The van der Waals surface area contributed by atoms with Crippen LogP contribution in [0.1, 0.15) is 46.1 Å². The predicted molar refractivity (Wildman–Crippen MR) is 83.1 cm³/mol. The summed E-state index contributed by atoms with van der Waals surface area (Å²) in [4.78, 5) is 0.318. The Morgan fingerprint density at radius 2 is 1.70 bits per heavy atom. The fourth-order valence-electron chi connectivity index (χ4n) is 1.69. The lowest BCUT2D eigenvalue weighted by Crippen LogP contribution is -2.42. The molecule has 0 heterocycles. The smallest absolute Gasteiger partial charge is 0.241 e. The molecule has 0 bridgehead atoms. The number of rotatable bonds is 8. The van der Waals surface area contributed by atoms with Gasteiger partial charge in [0.1, 0.15) is 0 Å². The summed E-state index contributed by atoms with van der Waals surface area (Å²) in [5.74, 6) is 0. The van der Waals surface area contributed by atoms with E-state index in [1.165, 1.54) is 0 Å². The Kier molecular flexibility index (Phi) is 6.17. The Morgan fingerprint density at radius 3 is 2.20 bits per heavy atom. The van der Waals surface area contributed by atoms with Gasteiger partial charge in [-0.15, -0.1) is 0 Å². The van der Waals surface area contributed by atoms with Crippen molar-refractivity contribution in [2.45, 2.75) is 57.5 Å². The van der Waals surface area contributed by atoms with Crippen molar-refractivity contribution in [3.8, 4) is 0 Å². The molecule has 2 N–H and O–H groups in total. The van der Waals surface area contributed by atoms with Crippen LogP contribution < -0.4 is 10.0 Å². The lowest BCUT2D eigenvalue weighted by Gasteiger charge is -2.24. The van der Waals surface area contributed by atoms with Crippen LogP contribution in [0.25, 0.3) is 0 Å². The summed E-state index contributed by atoms with van der Waals surface area (Å²) in [7, 11) is -3.44. The molecular formula is C15H26N2O2S. The van der Waals surface area contributed by atoms with Gasteiger partial charge in [0.15, 0.2) is 0 Å². The average molecular weight is 298 g/mol. The van der Waals surface area contributed by atoms with E-state index in [-0.39, 0.29) is 0 Å². The normalized spacial score (nSPS) is 12.6. The van der Waals surface area contributed by atoms with E-state index >= 15 is 0 Å². The van der Waals surface area contributed by atoms with E-state index in [1.807, 2.05) is 32.9 Å². The molecule has 5 heteroatoms. The molecule has 0 aliphatic rings. The fourth-order valence-corrected chi connectivity index (χ4v) is 3.17. The van der Waals surface area contributed by atoms with Crippen molar-refractivity contribution in [3.63, 3.8) is 0 Å². The minimum absolute atomic E-state index is 0.318. The van der Waals surface area contributed by atoms with E-state index in [9.17, 15) is 8.42 Å². The molecule has 0 saturated heterocycles. The van der Waals surface area contributed by atoms with Gasteiger partial charge in [-0.05, 0) is 50.9 Å². The van der Waals surface area contributed by atoms with Crippen LogP contribution in [0.15, 0.2) is 29.2 Å². The maximum Gasteiger partial charge on any atom is 0.241 e. The molecule has 1 aromatic carbocycles. The standard InChI is InChI=1S/C15H26N2O2S/c1-5-11-16-12-13-7-9-14(10-8-13)20(18,19)17-15(3,4)6-2/h7-10,16-17H,5-6,11-12H2,1-4H3. The highest BCUT2D eigenvalue weighted by Crippen LogP contribution is 2.16. The van der Waals surface area contributed by atoms with Crippen LogP contribution in [0, 0.1) is 0 Å². The largest absolute Gasteiger partial charge is 0.313 e. The lowest BCUT2D eigenvalue weighted by atomic mass is 10.0. The van der Waals surface area contributed by atoms with E-state index in [1.54, 1.807) is 12.1 Å². The SMILES string of the molecule is CCCNCc1ccc(S(=O)(=O)NC(C)(C)CC)cc1. The second-order valence-electron chi connectivity index (χ2n) is 5.66. The molecule has 0 aromatic heterocycles. The van der Waals surface area contributed by atoms with E-state index < -0.39 is 15.6 Å². The molecule has 0 radical (unpaired) electrons. The van der Waals surface area contributed by atoms with Crippen LogP contribution in [-0.4, -0.2) is 20.5 Å². The van der Waals surface area contributed by atoms with Crippen LogP contribution in [0.4, 0.5) is 0 Å². The predicted octanol–water partition coefficient (Wildman–Crippen LogP) is 2.65. The molecule has 0 fully saturated rings. The zero-order valence-electron chi connectivity index (χ0n) is 12.9. The zero-order chi connectivity index (χ0) is 15.2. The van der Waals surface area contributed by atoms with Crippen LogP contribution >= 0.6 is 0 Å². The monoisotopic (exact) mass is 298 g/mol. The first-order valence-electron chi connectivity index (χ1n) is 7.14. The first-order chi connectivity index (χ1) is 9.30. The van der Waals surface area contributed by atoms with Crippen molar-refractivity contribution in [1.29, 1.82) is 0 Å². The molecule has 0 atom stereocenters. The Morgan fingerprint density at radius 1 is 1.10 bits per heavy atom. The summed E-state index contributed by atoms with van der Waals surface area (Å²) in [5.41, 5.74) is 0.660. The molecular weight excluding hydrogens is 272 g/mol. The van der Waals surface area contributed by atoms with Gasteiger partial charge >= 0.3 is 0 Å². The molecule has 0 amide bonds. The highest BCUT2D eigenvalue weighted by atomic mass is 32.2. The topological polar surface area (TPSA) is 58.2 Å². The molecule has 0 aliphatic heterocycles. The highest BCUT2D eigenvalue weighted by Gasteiger charge is 2.24. The highest BCUT2D eigenvalue weighted by molar-refractivity contribution is 7.89. The van der Waals surface area contributed by atoms with Gasteiger partial charge in [0.05, 0.1) is 4.90 Å². The molecule has 0 spiro atoms. The van der Waals surface area contributed by atoms with Crippen molar-refractivity contribution >= 4 is 10.0 Å². The van der Waals surface area contributed by atoms with Gasteiger partial charge in [0.2, 0.25) is 10.0 Å². The third-order valence-electron chi connectivity index (χ3n) is 3.28. The summed E-state index contributed by atoms with van der Waals surface area (Å²) >= 11 is 0. The summed E-state index contributed by atoms with van der Waals surface area (Å²) in [6.07, 6.45) is 1.83. The average Bonchev–Trinajstić information content (AvgIpc) is 2.38. The van der Waals surface area contributed by atoms with Crippen molar-refractivity contribution in [1.82, 2.24) is 10.0 Å². The molecule has 1 aromatic rings. The Hall–Kier alpha value is -0.910. The fraction of sp³-hybridized carbons (Fsp3) is 0.600. The van der Waals surface area contributed by atoms with E-state index in [4.69, 9.17) is 0 Å². The summed E-state index contributed by atoms with van der Waals surface area (Å²) in [6.45, 7) is 9.57. The van der Waals surface area contributed by atoms with Gasteiger partial charge < -0.3 is 5.32 Å². The summed E-state index contributed by atoms with van der Waals surface area (Å²) < 4.78 is 27.2. The van der Waals surface area contributed by atoms with Crippen molar-refractivity contribution in [3.05, 3.63) is 29.8 Å². The summed E-state index contributed by atoms with van der Waals surface area (Å²) in [5, 5.41) is 3.29.